The lowest BCUT2D eigenvalue weighted by Crippen LogP contribution is -2.30. The summed E-state index contributed by atoms with van der Waals surface area (Å²) in [5.74, 6) is 0.934. The summed E-state index contributed by atoms with van der Waals surface area (Å²) in [6.45, 7) is 2.62. The average Bonchev–Trinajstić information content (AvgIpc) is 2.58. The highest BCUT2D eigenvalue weighted by Crippen LogP contribution is 2.29. The molecule has 25 heavy (non-hydrogen) atoms. The van der Waals surface area contributed by atoms with Gasteiger partial charge in [-0.3, -0.25) is 4.79 Å². The fraction of sp³-hybridized carbons (Fsp3) is 0.278. The molecule has 5 nitrogen and oxygen atoms in total. The van der Waals surface area contributed by atoms with Crippen LogP contribution in [0.2, 0.25) is 5.02 Å². The molecule has 2 aromatic rings. The minimum absolute atomic E-state index is 0.268. The Morgan fingerprint density at radius 2 is 2.04 bits per heavy atom. The molecule has 134 valence electrons. The molecular weight excluding hydrogens is 410 g/mol. The summed E-state index contributed by atoms with van der Waals surface area (Å²) in [6.07, 6.45) is -0.685. The van der Waals surface area contributed by atoms with E-state index in [1.54, 1.807) is 50.4 Å². The van der Waals surface area contributed by atoms with E-state index in [1.165, 1.54) is 0 Å². The summed E-state index contributed by atoms with van der Waals surface area (Å²) in [7, 11) is 1.61. The van der Waals surface area contributed by atoms with E-state index in [4.69, 9.17) is 25.8 Å². The number of benzene rings is 2. The Hall–Kier alpha value is -1.76. The number of hydrogen-bond donors (Lipinski definition) is 1. The summed E-state index contributed by atoms with van der Waals surface area (Å²) in [4.78, 5) is 12.3. The van der Waals surface area contributed by atoms with Gasteiger partial charge in [-0.1, -0.05) is 17.7 Å². The molecule has 0 saturated carbocycles. The lowest BCUT2D eigenvalue weighted by molar-refractivity contribution is -0.122. The Labute approximate surface area is 160 Å². The van der Waals surface area contributed by atoms with Crippen LogP contribution >= 0.6 is 27.5 Å². The van der Waals surface area contributed by atoms with Crippen molar-refractivity contribution in [1.82, 2.24) is 0 Å². The highest BCUT2D eigenvalue weighted by atomic mass is 79.9. The number of anilines is 1. The minimum Gasteiger partial charge on any atom is -0.491 e. The minimum atomic E-state index is -0.685. The molecule has 1 atom stereocenters. The van der Waals surface area contributed by atoms with Gasteiger partial charge in [-0.15, -0.1) is 0 Å². The fourth-order valence-corrected chi connectivity index (χ4v) is 2.74. The van der Waals surface area contributed by atoms with Gasteiger partial charge in [0, 0.05) is 23.9 Å². The number of methoxy groups -OCH3 is 1. The van der Waals surface area contributed by atoms with Crippen molar-refractivity contribution in [3.8, 4) is 11.5 Å². The predicted molar refractivity (Wildman–Crippen MR) is 102 cm³/mol. The topological polar surface area (TPSA) is 56.8 Å². The summed E-state index contributed by atoms with van der Waals surface area (Å²) >= 11 is 9.26. The molecule has 0 aliphatic heterocycles. The van der Waals surface area contributed by atoms with Crippen LogP contribution in [-0.4, -0.2) is 32.3 Å². The number of halogens is 2. The maximum absolute atomic E-state index is 12.3. The van der Waals surface area contributed by atoms with Crippen LogP contribution in [0.4, 0.5) is 5.69 Å². The first-order valence-electron chi connectivity index (χ1n) is 7.64. The summed E-state index contributed by atoms with van der Waals surface area (Å²) in [5.41, 5.74) is 0.630. The predicted octanol–water partition coefficient (Wildman–Crippen LogP) is 4.53. The number of carbonyl (C=O) groups is 1. The molecule has 0 fully saturated rings. The number of nitrogens with one attached hydrogen (secondary N) is 1. The highest BCUT2D eigenvalue weighted by Gasteiger charge is 2.16. The number of rotatable bonds is 8. The fourth-order valence-electron chi connectivity index (χ4n) is 1.97. The molecule has 0 aliphatic carbocycles. The van der Waals surface area contributed by atoms with E-state index in [2.05, 4.69) is 21.2 Å². The van der Waals surface area contributed by atoms with Gasteiger partial charge in [-0.05, 0) is 53.2 Å². The Balaban J connectivity index is 1.95. The van der Waals surface area contributed by atoms with Gasteiger partial charge in [0.25, 0.3) is 5.91 Å². The van der Waals surface area contributed by atoms with Crippen LogP contribution in [0.1, 0.15) is 6.92 Å². The number of carbonyl (C=O) groups excluding carboxylic acids is 1. The van der Waals surface area contributed by atoms with Gasteiger partial charge in [0.05, 0.1) is 11.1 Å². The Bertz CT molecular complexity index is 726. The van der Waals surface area contributed by atoms with E-state index in [0.717, 1.165) is 0 Å². The number of amides is 1. The normalized spacial score (nSPS) is 11.7. The molecule has 0 spiro atoms. The first kappa shape index (κ1) is 19.6. The second-order valence-electron chi connectivity index (χ2n) is 5.19. The van der Waals surface area contributed by atoms with Gasteiger partial charge < -0.3 is 19.5 Å². The van der Waals surface area contributed by atoms with E-state index in [-0.39, 0.29) is 5.91 Å². The van der Waals surface area contributed by atoms with Crippen molar-refractivity contribution in [2.75, 3.05) is 25.6 Å². The van der Waals surface area contributed by atoms with Crippen molar-refractivity contribution in [2.45, 2.75) is 13.0 Å². The molecule has 7 heteroatoms. The molecule has 0 saturated heterocycles. The van der Waals surface area contributed by atoms with Gasteiger partial charge in [-0.25, -0.2) is 0 Å². The van der Waals surface area contributed by atoms with Gasteiger partial charge >= 0.3 is 0 Å². The Kier molecular flexibility index (Phi) is 7.55. The van der Waals surface area contributed by atoms with Crippen LogP contribution in [0.5, 0.6) is 11.5 Å². The van der Waals surface area contributed by atoms with Crippen LogP contribution in [0.15, 0.2) is 46.9 Å². The van der Waals surface area contributed by atoms with E-state index in [9.17, 15) is 4.79 Å². The molecule has 1 unspecified atom stereocenters. The second-order valence-corrected chi connectivity index (χ2v) is 6.48. The largest absolute Gasteiger partial charge is 0.491 e. The maximum Gasteiger partial charge on any atom is 0.265 e. The zero-order valence-electron chi connectivity index (χ0n) is 13.9. The second kappa shape index (κ2) is 9.65. The van der Waals surface area contributed by atoms with Gasteiger partial charge in [-0.2, -0.15) is 0 Å². The van der Waals surface area contributed by atoms with Gasteiger partial charge in [0.15, 0.2) is 6.10 Å². The highest BCUT2D eigenvalue weighted by molar-refractivity contribution is 9.10. The van der Waals surface area contributed by atoms with Crippen LogP contribution in [0.3, 0.4) is 0 Å². The van der Waals surface area contributed by atoms with E-state index in [0.29, 0.717) is 39.9 Å². The molecule has 0 bridgehead atoms. The van der Waals surface area contributed by atoms with E-state index < -0.39 is 6.10 Å². The first-order valence-corrected chi connectivity index (χ1v) is 8.81. The summed E-state index contributed by atoms with van der Waals surface area (Å²) in [5, 5.41) is 3.39. The smallest absolute Gasteiger partial charge is 0.265 e. The summed E-state index contributed by atoms with van der Waals surface area (Å²) < 4.78 is 16.8. The molecule has 1 amide bonds. The molecule has 2 rings (SSSR count). The molecule has 1 N–H and O–H groups in total. The number of ether oxygens (including phenoxy) is 3. The van der Waals surface area contributed by atoms with Crippen LogP contribution in [-0.2, 0) is 9.53 Å². The molecular formula is C18H19BrClNO4. The van der Waals surface area contributed by atoms with Crippen molar-refractivity contribution in [3.05, 3.63) is 52.0 Å². The maximum atomic E-state index is 12.3. The van der Waals surface area contributed by atoms with E-state index in [1.807, 2.05) is 6.07 Å². The third kappa shape index (κ3) is 6.23. The average molecular weight is 429 g/mol. The molecule has 0 aliphatic rings. The quantitative estimate of drug-likeness (QED) is 0.628. The third-order valence-corrected chi connectivity index (χ3v) is 4.08. The Morgan fingerprint density at radius 1 is 1.24 bits per heavy atom. The SMILES string of the molecule is COCCOc1cccc(NC(=O)C(C)Oc2ccc(Cl)cc2Br)c1. The van der Waals surface area contributed by atoms with E-state index >= 15 is 0 Å². The standard InChI is InChI=1S/C18H19BrClNO4/c1-12(25-17-7-6-13(20)10-16(17)19)18(22)21-14-4-3-5-15(11-14)24-9-8-23-2/h3-7,10-12H,8-9H2,1-2H3,(H,21,22). The first-order chi connectivity index (χ1) is 12.0. The molecule has 2 aromatic carbocycles. The lowest BCUT2D eigenvalue weighted by atomic mass is 10.2. The van der Waals surface area contributed by atoms with Crippen molar-refractivity contribution >= 4 is 39.1 Å². The molecule has 0 aromatic heterocycles. The molecule has 0 radical (unpaired) electrons. The monoisotopic (exact) mass is 427 g/mol. The van der Waals surface area contributed by atoms with Crippen LogP contribution < -0.4 is 14.8 Å². The zero-order valence-corrected chi connectivity index (χ0v) is 16.3. The third-order valence-electron chi connectivity index (χ3n) is 3.22. The zero-order chi connectivity index (χ0) is 18.2. The number of hydrogen-bond acceptors (Lipinski definition) is 4. The van der Waals surface area contributed by atoms with Crippen molar-refractivity contribution in [3.63, 3.8) is 0 Å². The van der Waals surface area contributed by atoms with Crippen LogP contribution in [0, 0.1) is 0 Å². The molecule has 0 heterocycles. The van der Waals surface area contributed by atoms with Crippen molar-refractivity contribution < 1.29 is 19.0 Å². The lowest BCUT2D eigenvalue weighted by Gasteiger charge is -2.16. The van der Waals surface area contributed by atoms with Gasteiger partial charge in [0.2, 0.25) is 0 Å². The van der Waals surface area contributed by atoms with Gasteiger partial charge in [0.1, 0.15) is 18.1 Å². The van der Waals surface area contributed by atoms with Crippen molar-refractivity contribution in [1.29, 1.82) is 0 Å². The summed E-state index contributed by atoms with van der Waals surface area (Å²) in [6, 6.07) is 12.3. The van der Waals surface area contributed by atoms with Crippen LogP contribution in [0.25, 0.3) is 0 Å². The Morgan fingerprint density at radius 3 is 2.76 bits per heavy atom. The van der Waals surface area contributed by atoms with Crippen molar-refractivity contribution in [2.24, 2.45) is 0 Å².